The summed E-state index contributed by atoms with van der Waals surface area (Å²) in [4.78, 5) is 7.69. The summed E-state index contributed by atoms with van der Waals surface area (Å²) in [5.74, 6) is 0. The molecule has 4 nitrogen and oxygen atoms in total. The Morgan fingerprint density at radius 3 is 2.56 bits per heavy atom. The smallest absolute Gasteiger partial charge is 0.159 e. The highest BCUT2D eigenvalue weighted by atomic mass is 31.1. The average Bonchev–Trinajstić information content (AvgIpc) is 2.32. The van der Waals surface area contributed by atoms with Gasteiger partial charge in [-0.2, -0.15) is 0 Å². The van der Waals surface area contributed by atoms with Crippen LogP contribution in [0.1, 0.15) is 0 Å². The number of hydrogen-bond donors (Lipinski definition) is 1. The summed E-state index contributed by atoms with van der Waals surface area (Å²) in [6, 6.07) is 1.31. The summed E-state index contributed by atoms with van der Waals surface area (Å²) in [7, 11) is 4.49. The van der Waals surface area contributed by atoms with Gasteiger partial charge in [0.05, 0.1) is 20.5 Å². The lowest BCUT2D eigenvalue weighted by molar-refractivity contribution is 0.0358. The fourth-order valence-electron chi connectivity index (χ4n) is 3.10. The second kappa shape index (κ2) is 6.44. The molecule has 18 heavy (non-hydrogen) atoms. The van der Waals surface area contributed by atoms with Crippen molar-refractivity contribution in [1.29, 1.82) is 0 Å². The summed E-state index contributed by atoms with van der Waals surface area (Å²) < 4.78 is 0. The highest BCUT2D eigenvalue weighted by Gasteiger charge is 2.34. The van der Waals surface area contributed by atoms with Crippen LogP contribution < -0.4 is 5.32 Å². The van der Waals surface area contributed by atoms with Gasteiger partial charge in [0.25, 0.3) is 0 Å². The Bertz CT molecular complexity index is 297. The van der Waals surface area contributed by atoms with E-state index in [1.165, 1.54) is 32.5 Å². The summed E-state index contributed by atoms with van der Waals surface area (Å²) in [5.41, 5.74) is 0. The van der Waals surface area contributed by atoms with Gasteiger partial charge in [-0.3, -0.25) is 14.7 Å². The fourth-order valence-corrected chi connectivity index (χ4v) is 4.04. The van der Waals surface area contributed by atoms with Crippen LogP contribution in [0.5, 0.6) is 0 Å². The molecule has 0 aliphatic carbocycles. The molecule has 104 valence electrons. The zero-order chi connectivity index (χ0) is 13.1. The molecule has 3 unspecified atom stereocenters. The highest BCUT2D eigenvalue weighted by Crippen LogP contribution is 2.21. The minimum Gasteiger partial charge on any atom is -0.314 e. The van der Waals surface area contributed by atoms with Crippen molar-refractivity contribution >= 4 is 13.8 Å². The van der Waals surface area contributed by atoms with Crippen molar-refractivity contribution in [2.24, 2.45) is 0 Å². The molecule has 0 aromatic rings. The Morgan fingerprint density at radius 2 is 1.89 bits per heavy atom. The normalized spacial score (nSPS) is 33.6. The third-order valence-corrected chi connectivity index (χ3v) is 5.11. The predicted molar refractivity (Wildman–Crippen MR) is 82.1 cm³/mol. The molecule has 1 N–H and O–H groups in total. The van der Waals surface area contributed by atoms with E-state index in [0.29, 0.717) is 12.1 Å². The van der Waals surface area contributed by atoms with Crippen LogP contribution in [0.2, 0.25) is 0 Å². The first-order chi connectivity index (χ1) is 8.58. The number of nitrogens with zero attached hydrogens (tertiary/aromatic N) is 3. The van der Waals surface area contributed by atoms with E-state index >= 15 is 0 Å². The number of piperazine rings is 2. The topological polar surface area (TPSA) is 21.8 Å². The maximum Gasteiger partial charge on any atom is 0.159 e. The van der Waals surface area contributed by atoms with Gasteiger partial charge in [0.1, 0.15) is 0 Å². The van der Waals surface area contributed by atoms with E-state index in [4.69, 9.17) is 0 Å². The van der Waals surface area contributed by atoms with E-state index in [9.17, 15) is 0 Å². The second-order valence-electron chi connectivity index (χ2n) is 5.87. The molecule has 2 aliphatic rings. The van der Waals surface area contributed by atoms with Crippen LogP contribution in [0.4, 0.5) is 0 Å². The first-order valence-electron chi connectivity index (χ1n) is 6.93. The van der Waals surface area contributed by atoms with Gasteiger partial charge in [0, 0.05) is 51.4 Å². The molecule has 0 spiro atoms. The molecule has 0 radical (unpaired) electrons. The standard InChI is InChI=1S/C13H28N4P/c1-15-6-5-14-9-12(15)13-10-17(11-18(3)4)8-7-16(13)2/h12-14H,3,5-11H2,1-2,4H3/q+1. The van der Waals surface area contributed by atoms with Gasteiger partial charge in [-0.25, -0.2) is 0 Å². The summed E-state index contributed by atoms with van der Waals surface area (Å²) in [5, 5.41) is 3.54. The van der Waals surface area contributed by atoms with E-state index in [2.05, 4.69) is 47.1 Å². The molecule has 0 saturated carbocycles. The lowest BCUT2D eigenvalue weighted by atomic mass is 10.0. The number of hydrogen-bond acceptors (Lipinski definition) is 4. The van der Waals surface area contributed by atoms with E-state index in [1.54, 1.807) is 0 Å². The number of rotatable bonds is 3. The van der Waals surface area contributed by atoms with Crippen molar-refractivity contribution in [1.82, 2.24) is 20.0 Å². The zero-order valence-electron chi connectivity index (χ0n) is 12.1. The van der Waals surface area contributed by atoms with Gasteiger partial charge in [-0.1, -0.05) is 0 Å². The quantitative estimate of drug-likeness (QED) is 0.730. The molecule has 0 bridgehead atoms. The van der Waals surface area contributed by atoms with Gasteiger partial charge < -0.3 is 5.32 Å². The molecule has 0 aromatic heterocycles. The monoisotopic (exact) mass is 271 g/mol. The molecule has 2 rings (SSSR count). The lowest BCUT2D eigenvalue weighted by Gasteiger charge is -2.46. The maximum atomic E-state index is 4.19. The molecule has 2 aliphatic heterocycles. The largest absolute Gasteiger partial charge is 0.314 e. The van der Waals surface area contributed by atoms with Crippen LogP contribution in [0, 0.1) is 0 Å². The van der Waals surface area contributed by atoms with Crippen LogP contribution in [-0.4, -0.2) is 99.4 Å². The van der Waals surface area contributed by atoms with Gasteiger partial charge in [-0.15, -0.1) is 0 Å². The van der Waals surface area contributed by atoms with Crippen LogP contribution in [-0.2, 0) is 0 Å². The van der Waals surface area contributed by atoms with Gasteiger partial charge >= 0.3 is 0 Å². The van der Waals surface area contributed by atoms with E-state index in [-0.39, 0.29) is 7.55 Å². The van der Waals surface area contributed by atoms with Crippen LogP contribution in [0.25, 0.3) is 0 Å². The first-order valence-corrected chi connectivity index (χ1v) is 9.09. The van der Waals surface area contributed by atoms with Crippen molar-refractivity contribution in [3.63, 3.8) is 0 Å². The van der Waals surface area contributed by atoms with Crippen molar-refractivity contribution < 1.29 is 0 Å². The molecule has 0 amide bonds. The van der Waals surface area contributed by atoms with E-state index in [0.717, 1.165) is 13.1 Å². The summed E-state index contributed by atoms with van der Waals surface area (Å²) in [6.45, 7) is 9.31. The van der Waals surface area contributed by atoms with Crippen molar-refractivity contribution in [3.8, 4) is 0 Å². The Kier molecular flexibility index (Phi) is 5.16. The minimum atomic E-state index is -0.0570. The Balaban J connectivity index is 1.97. The van der Waals surface area contributed by atoms with Crippen LogP contribution in [0.3, 0.4) is 0 Å². The highest BCUT2D eigenvalue weighted by molar-refractivity contribution is 7.54. The molecule has 5 heteroatoms. The lowest BCUT2D eigenvalue weighted by Crippen LogP contribution is -2.64. The van der Waals surface area contributed by atoms with Crippen molar-refractivity contribution in [2.45, 2.75) is 12.1 Å². The SMILES string of the molecule is C=[P+](C)CN1CCN(C)C(C2CNCCN2C)C1. The molecular weight excluding hydrogens is 243 g/mol. The third-order valence-electron chi connectivity index (χ3n) is 4.23. The van der Waals surface area contributed by atoms with Gasteiger partial charge in [0.2, 0.25) is 0 Å². The molecule has 2 heterocycles. The number of likely N-dealkylation sites (N-methyl/N-ethyl adjacent to an activating group) is 2. The fraction of sp³-hybridized carbons (Fsp3) is 0.923. The van der Waals surface area contributed by atoms with Crippen molar-refractivity contribution in [3.05, 3.63) is 0 Å². The van der Waals surface area contributed by atoms with Crippen molar-refractivity contribution in [2.75, 3.05) is 66.3 Å². The van der Waals surface area contributed by atoms with Crippen LogP contribution >= 0.6 is 7.55 Å². The minimum absolute atomic E-state index is 0.0570. The maximum absolute atomic E-state index is 4.19. The van der Waals surface area contributed by atoms with Gasteiger partial charge in [-0.05, 0) is 14.1 Å². The molecule has 2 fully saturated rings. The van der Waals surface area contributed by atoms with Gasteiger partial charge in [0.15, 0.2) is 6.29 Å². The molecule has 2 saturated heterocycles. The van der Waals surface area contributed by atoms with E-state index < -0.39 is 0 Å². The Morgan fingerprint density at radius 1 is 1.17 bits per heavy atom. The Hall–Kier alpha value is 0.01000. The average molecular weight is 271 g/mol. The predicted octanol–water partition coefficient (Wildman–Crippen LogP) is 0.00720. The second-order valence-corrected chi connectivity index (χ2v) is 7.87. The summed E-state index contributed by atoms with van der Waals surface area (Å²) >= 11 is 0. The first kappa shape index (κ1) is 14.4. The molecule has 0 aromatic carbocycles. The number of nitrogens with one attached hydrogen (secondary N) is 1. The Labute approximate surface area is 113 Å². The molecule has 3 atom stereocenters. The summed E-state index contributed by atoms with van der Waals surface area (Å²) in [6.07, 6.45) is 5.39. The van der Waals surface area contributed by atoms with E-state index in [1.807, 2.05) is 0 Å². The molecular formula is C13H28N4P+. The van der Waals surface area contributed by atoms with Crippen LogP contribution in [0.15, 0.2) is 0 Å². The zero-order valence-corrected chi connectivity index (χ0v) is 13.0. The third kappa shape index (κ3) is 3.52.